The molecule has 3 N–H and O–H groups in total. The Balaban J connectivity index is 1.27. The number of anilines is 2. The molecule has 0 bridgehead atoms. The fourth-order valence-electron chi connectivity index (χ4n) is 3.97. The molecule has 1 amide bonds. The van der Waals surface area contributed by atoms with Crippen LogP contribution in [0.15, 0.2) is 30.0 Å². The molecule has 0 unspecified atom stereocenters. The molecule has 4 aromatic rings. The monoisotopic (exact) mass is 427 g/mol. The summed E-state index contributed by atoms with van der Waals surface area (Å²) in [6.45, 7) is 0. The molecule has 0 saturated heterocycles. The van der Waals surface area contributed by atoms with Gasteiger partial charge in [-0.25, -0.2) is 9.97 Å². The normalized spacial score (nSPS) is 19.6. The second-order valence-electron chi connectivity index (χ2n) is 7.23. The van der Waals surface area contributed by atoms with Crippen LogP contribution in [0, 0.1) is 5.92 Å². The van der Waals surface area contributed by atoms with Crippen molar-refractivity contribution in [3.8, 4) is 0 Å². The number of benzene rings is 1. The van der Waals surface area contributed by atoms with Crippen molar-refractivity contribution in [2.45, 2.75) is 31.7 Å². The number of nitrogens with two attached hydrogens (primary N) is 1. The van der Waals surface area contributed by atoms with Crippen LogP contribution in [0.5, 0.6) is 0 Å². The van der Waals surface area contributed by atoms with Crippen LogP contribution in [0.25, 0.3) is 21.4 Å². The third kappa shape index (κ3) is 3.40. The number of imidazole rings is 1. The first-order chi connectivity index (χ1) is 14.1. The molecular weight excluding hydrogens is 410 g/mol. The average Bonchev–Trinajstić information content (AvgIpc) is 3.34. The fourth-order valence-corrected chi connectivity index (χ4v) is 4.86. The quantitative estimate of drug-likeness (QED) is 0.477. The highest BCUT2D eigenvalue weighted by molar-refractivity contribution is 7.16. The second-order valence-corrected chi connectivity index (χ2v) is 8.46. The number of rotatable bonds is 3. The Labute approximate surface area is 175 Å². The highest BCUT2D eigenvalue weighted by Gasteiger charge is 2.28. The molecule has 10 heteroatoms. The second kappa shape index (κ2) is 7.23. The molecule has 1 aromatic carbocycles. The van der Waals surface area contributed by atoms with Gasteiger partial charge in [0, 0.05) is 17.6 Å². The van der Waals surface area contributed by atoms with E-state index in [1.807, 2.05) is 28.3 Å². The molecule has 0 spiro atoms. The lowest BCUT2D eigenvalue weighted by atomic mass is 9.85. The molecular formula is C19H18ClN7OS. The summed E-state index contributed by atoms with van der Waals surface area (Å²) >= 11 is 7.53. The topological polar surface area (TPSA) is 112 Å². The largest absolute Gasteiger partial charge is 0.382 e. The number of amides is 1. The minimum absolute atomic E-state index is 0.0125. The summed E-state index contributed by atoms with van der Waals surface area (Å²) < 4.78 is 3.07. The first-order valence-corrected chi connectivity index (χ1v) is 10.6. The standard InChI is InChI=1S/C19H18ClN7OS/c20-19-25-16(21)15-17(26-19)27(8-22-15)12-4-1-10(2-5-12)18(28)24-11-3-6-13-14(7-11)29-9-23-13/h3,6-10,12H,1-2,4-5H2,(H,24,28)(H2,21,25,26)/t10-,12+. The molecule has 29 heavy (non-hydrogen) atoms. The number of fused-ring (bicyclic) bond motifs is 2. The predicted molar refractivity (Wildman–Crippen MR) is 114 cm³/mol. The number of carbonyl (C=O) groups excluding carboxylic acids is 1. The van der Waals surface area contributed by atoms with Crippen molar-refractivity contribution in [3.63, 3.8) is 0 Å². The molecule has 0 atom stereocenters. The Bertz CT molecular complexity index is 1210. The van der Waals surface area contributed by atoms with E-state index in [0.29, 0.717) is 11.2 Å². The van der Waals surface area contributed by atoms with Gasteiger partial charge in [-0.05, 0) is 55.5 Å². The zero-order chi connectivity index (χ0) is 20.0. The van der Waals surface area contributed by atoms with E-state index in [-0.39, 0.29) is 29.0 Å². The lowest BCUT2D eigenvalue weighted by molar-refractivity contribution is -0.120. The summed E-state index contributed by atoms with van der Waals surface area (Å²) in [6.07, 6.45) is 5.06. The van der Waals surface area contributed by atoms with E-state index in [4.69, 9.17) is 17.3 Å². The van der Waals surface area contributed by atoms with Gasteiger partial charge in [-0.2, -0.15) is 9.97 Å². The Kier molecular flexibility index (Phi) is 4.56. The zero-order valence-electron chi connectivity index (χ0n) is 15.4. The number of thiazole rings is 1. The number of halogens is 1. The van der Waals surface area contributed by atoms with Crippen LogP contribution >= 0.6 is 22.9 Å². The molecule has 0 aliphatic heterocycles. The molecule has 3 heterocycles. The Morgan fingerprint density at radius 3 is 2.86 bits per heavy atom. The lowest BCUT2D eigenvalue weighted by Gasteiger charge is -2.28. The van der Waals surface area contributed by atoms with Gasteiger partial charge in [0.25, 0.3) is 0 Å². The van der Waals surface area contributed by atoms with E-state index in [0.717, 1.165) is 41.6 Å². The van der Waals surface area contributed by atoms with Gasteiger partial charge in [0.2, 0.25) is 11.2 Å². The minimum atomic E-state index is -0.0125. The third-order valence-electron chi connectivity index (χ3n) is 5.48. The van der Waals surface area contributed by atoms with Crippen LogP contribution in [-0.2, 0) is 4.79 Å². The SMILES string of the molecule is Nc1nc(Cl)nc2c1ncn2[C@H]1CC[C@@H](C(=O)Nc2ccc3ncsc3c2)CC1. The van der Waals surface area contributed by atoms with Crippen molar-refractivity contribution in [3.05, 3.63) is 35.3 Å². The van der Waals surface area contributed by atoms with Crippen LogP contribution in [0.2, 0.25) is 5.28 Å². The van der Waals surface area contributed by atoms with Crippen LogP contribution in [0.3, 0.4) is 0 Å². The predicted octanol–water partition coefficient (Wildman–Crippen LogP) is 4.04. The molecule has 1 aliphatic carbocycles. The van der Waals surface area contributed by atoms with Crippen LogP contribution < -0.4 is 11.1 Å². The minimum Gasteiger partial charge on any atom is -0.382 e. The number of aromatic nitrogens is 5. The van der Waals surface area contributed by atoms with Gasteiger partial charge in [-0.1, -0.05) is 0 Å². The van der Waals surface area contributed by atoms with Gasteiger partial charge in [0.1, 0.15) is 5.52 Å². The van der Waals surface area contributed by atoms with E-state index in [1.165, 1.54) is 0 Å². The molecule has 5 rings (SSSR count). The molecule has 1 fully saturated rings. The molecule has 148 valence electrons. The Morgan fingerprint density at radius 2 is 2.03 bits per heavy atom. The maximum absolute atomic E-state index is 12.7. The van der Waals surface area contributed by atoms with Crippen LogP contribution in [-0.4, -0.2) is 30.4 Å². The first kappa shape index (κ1) is 18.3. The molecule has 3 aromatic heterocycles. The fraction of sp³-hybridized carbons (Fsp3) is 0.316. The lowest BCUT2D eigenvalue weighted by Crippen LogP contribution is -2.28. The van der Waals surface area contributed by atoms with Gasteiger partial charge >= 0.3 is 0 Å². The van der Waals surface area contributed by atoms with Gasteiger partial charge in [-0.3, -0.25) is 4.79 Å². The maximum atomic E-state index is 12.7. The molecule has 0 radical (unpaired) electrons. The van der Waals surface area contributed by atoms with E-state index in [1.54, 1.807) is 17.7 Å². The van der Waals surface area contributed by atoms with Crippen molar-refractivity contribution < 1.29 is 4.79 Å². The van der Waals surface area contributed by atoms with Gasteiger partial charge < -0.3 is 15.6 Å². The number of nitrogens with zero attached hydrogens (tertiary/aromatic N) is 5. The van der Waals surface area contributed by atoms with E-state index < -0.39 is 0 Å². The highest BCUT2D eigenvalue weighted by Crippen LogP contribution is 2.35. The third-order valence-corrected chi connectivity index (χ3v) is 6.44. The van der Waals surface area contributed by atoms with Crippen molar-refractivity contribution in [2.75, 3.05) is 11.1 Å². The van der Waals surface area contributed by atoms with Gasteiger partial charge in [-0.15, -0.1) is 11.3 Å². The Hall–Kier alpha value is -2.78. The average molecular weight is 428 g/mol. The van der Waals surface area contributed by atoms with Crippen LogP contribution in [0.4, 0.5) is 11.5 Å². The van der Waals surface area contributed by atoms with Crippen molar-refractivity contribution in [2.24, 2.45) is 5.92 Å². The van der Waals surface area contributed by atoms with Crippen molar-refractivity contribution >= 4 is 61.7 Å². The van der Waals surface area contributed by atoms with E-state index in [2.05, 4.69) is 25.3 Å². The smallest absolute Gasteiger partial charge is 0.227 e. The van der Waals surface area contributed by atoms with Crippen molar-refractivity contribution in [1.29, 1.82) is 0 Å². The number of hydrogen-bond acceptors (Lipinski definition) is 7. The summed E-state index contributed by atoms with van der Waals surface area (Å²) in [5.41, 5.74) is 10.7. The zero-order valence-corrected chi connectivity index (χ0v) is 17.0. The van der Waals surface area contributed by atoms with Gasteiger partial charge in [0.05, 0.1) is 22.1 Å². The highest BCUT2D eigenvalue weighted by atomic mass is 35.5. The number of nitrogens with one attached hydrogen (secondary N) is 1. The summed E-state index contributed by atoms with van der Waals surface area (Å²) in [5.74, 6) is 0.337. The number of nitrogen functional groups attached to an aromatic ring is 1. The summed E-state index contributed by atoms with van der Waals surface area (Å²) in [7, 11) is 0. The maximum Gasteiger partial charge on any atom is 0.227 e. The molecule has 8 nitrogen and oxygen atoms in total. The van der Waals surface area contributed by atoms with Crippen molar-refractivity contribution in [1.82, 2.24) is 24.5 Å². The van der Waals surface area contributed by atoms with E-state index in [9.17, 15) is 4.79 Å². The molecule has 1 aliphatic rings. The summed E-state index contributed by atoms with van der Waals surface area (Å²) in [6, 6.07) is 6.02. The first-order valence-electron chi connectivity index (χ1n) is 9.38. The number of carbonyl (C=O) groups is 1. The number of hydrogen-bond donors (Lipinski definition) is 2. The summed E-state index contributed by atoms with van der Waals surface area (Å²) in [5, 5.41) is 3.17. The summed E-state index contributed by atoms with van der Waals surface area (Å²) in [4.78, 5) is 29.6. The van der Waals surface area contributed by atoms with Crippen LogP contribution in [0.1, 0.15) is 31.7 Å². The Morgan fingerprint density at radius 1 is 1.21 bits per heavy atom. The van der Waals surface area contributed by atoms with Gasteiger partial charge in [0.15, 0.2) is 11.5 Å². The van der Waals surface area contributed by atoms with E-state index >= 15 is 0 Å². The molecule has 1 saturated carbocycles.